The first-order chi connectivity index (χ1) is 13.9. The third-order valence-electron chi connectivity index (χ3n) is 5.82. The molecule has 0 unspecified atom stereocenters. The summed E-state index contributed by atoms with van der Waals surface area (Å²) in [5.41, 5.74) is 1.15. The van der Waals surface area contributed by atoms with Gasteiger partial charge in [0.05, 0.1) is 9.79 Å². The molecule has 2 saturated heterocycles. The van der Waals surface area contributed by atoms with E-state index in [4.69, 9.17) is 0 Å². The fourth-order valence-electron chi connectivity index (χ4n) is 4.17. The normalized spacial score (nSPS) is 22.0. The van der Waals surface area contributed by atoms with Gasteiger partial charge in [0.1, 0.15) is 0 Å². The Morgan fingerprint density at radius 1 is 0.655 bits per heavy atom. The Morgan fingerprint density at radius 2 is 1.17 bits per heavy atom. The number of hydrogen-bond donors (Lipinski definition) is 0. The van der Waals surface area contributed by atoms with Crippen molar-refractivity contribution in [3.05, 3.63) is 60.2 Å². The van der Waals surface area contributed by atoms with E-state index in [1.165, 1.54) is 32.9 Å². The van der Waals surface area contributed by atoms with Crippen LogP contribution in [0.2, 0.25) is 0 Å². The summed E-state index contributed by atoms with van der Waals surface area (Å²) < 4.78 is 54.6. The van der Waals surface area contributed by atoms with E-state index in [1.54, 1.807) is 0 Å². The van der Waals surface area contributed by atoms with Crippen LogP contribution in [-0.2, 0) is 20.0 Å². The molecule has 0 radical (unpaired) electrons. The maximum Gasteiger partial charge on any atom is 0.243 e. The second kappa shape index (κ2) is 8.18. The minimum absolute atomic E-state index is 0.145. The van der Waals surface area contributed by atoms with E-state index in [1.807, 2.05) is 30.3 Å². The monoisotopic (exact) mass is 434 g/mol. The molecule has 1 atom stereocenters. The average molecular weight is 435 g/mol. The number of piperidine rings is 1. The van der Waals surface area contributed by atoms with Crippen molar-refractivity contribution in [3.63, 3.8) is 0 Å². The van der Waals surface area contributed by atoms with Crippen LogP contribution in [-0.4, -0.2) is 51.6 Å². The lowest BCUT2D eigenvalue weighted by Crippen LogP contribution is -2.39. The van der Waals surface area contributed by atoms with E-state index in [9.17, 15) is 16.8 Å². The first-order valence-corrected chi connectivity index (χ1v) is 12.9. The summed E-state index contributed by atoms with van der Waals surface area (Å²) in [6.45, 7) is 1.98. The first kappa shape index (κ1) is 20.5. The lowest BCUT2D eigenvalue weighted by atomic mass is 9.92. The molecule has 2 aliphatic heterocycles. The number of nitrogens with zero attached hydrogens (tertiary/aromatic N) is 2. The van der Waals surface area contributed by atoms with Crippen LogP contribution in [0.15, 0.2) is 64.4 Å². The number of benzene rings is 2. The van der Waals surface area contributed by atoms with Gasteiger partial charge >= 0.3 is 0 Å². The molecule has 0 N–H and O–H groups in total. The maximum absolute atomic E-state index is 13.1. The maximum atomic E-state index is 13.1. The molecule has 0 saturated carbocycles. The highest BCUT2D eigenvalue weighted by atomic mass is 32.2. The van der Waals surface area contributed by atoms with Crippen LogP contribution in [0.25, 0.3) is 0 Å². The molecule has 2 aromatic carbocycles. The Morgan fingerprint density at radius 3 is 1.76 bits per heavy atom. The van der Waals surface area contributed by atoms with Gasteiger partial charge in [0.2, 0.25) is 20.0 Å². The zero-order valence-corrected chi connectivity index (χ0v) is 17.9. The van der Waals surface area contributed by atoms with Crippen LogP contribution >= 0.6 is 0 Å². The average Bonchev–Trinajstić information content (AvgIpc) is 3.30. The minimum atomic E-state index is -3.66. The fourth-order valence-corrected chi connectivity index (χ4v) is 7.21. The predicted molar refractivity (Wildman–Crippen MR) is 112 cm³/mol. The van der Waals surface area contributed by atoms with Crippen LogP contribution in [0, 0.1) is 0 Å². The van der Waals surface area contributed by atoms with Crippen LogP contribution in [0.3, 0.4) is 0 Å². The highest BCUT2D eigenvalue weighted by Crippen LogP contribution is 2.31. The van der Waals surface area contributed by atoms with Gasteiger partial charge in [0, 0.05) is 26.2 Å². The summed E-state index contributed by atoms with van der Waals surface area (Å²) in [4.78, 5) is 0.297. The van der Waals surface area contributed by atoms with Crippen molar-refractivity contribution in [2.45, 2.75) is 41.4 Å². The molecule has 0 amide bonds. The third-order valence-corrected chi connectivity index (χ3v) is 9.61. The molecule has 4 rings (SSSR count). The van der Waals surface area contributed by atoms with Crippen LogP contribution < -0.4 is 0 Å². The van der Waals surface area contributed by atoms with Crippen molar-refractivity contribution >= 4 is 20.0 Å². The summed E-state index contributed by atoms with van der Waals surface area (Å²) in [5.74, 6) is 0.176. The lowest BCUT2D eigenvalue weighted by molar-refractivity contribution is 0.315. The molecule has 0 bridgehead atoms. The summed E-state index contributed by atoms with van der Waals surface area (Å²) in [7, 11) is -7.21. The fraction of sp³-hybridized carbons (Fsp3) is 0.429. The molecule has 2 fully saturated rings. The van der Waals surface area contributed by atoms with Gasteiger partial charge in [-0.2, -0.15) is 8.61 Å². The second-order valence-electron chi connectivity index (χ2n) is 7.70. The van der Waals surface area contributed by atoms with Gasteiger partial charge in [0.15, 0.2) is 0 Å². The summed E-state index contributed by atoms with van der Waals surface area (Å²) in [6.07, 6.45) is 3.50. The van der Waals surface area contributed by atoms with E-state index in [-0.39, 0.29) is 15.7 Å². The molecule has 0 aromatic heterocycles. The van der Waals surface area contributed by atoms with E-state index >= 15 is 0 Å². The lowest BCUT2D eigenvalue weighted by Gasteiger charge is -2.32. The summed E-state index contributed by atoms with van der Waals surface area (Å²) in [6, 6.07) is 15.7. The van der Waals surface area contributed by atoms with Crippen LogP contribution in [0.4, 0.5) is 0 Å². The highest BCUT2D eigenvalue weighted by Gasteiger charge is 2.32. The third kappa shape index (κ3) is 4.12. The molecule has 29 heavy (non-hydrogen) atoms. The van der Waals surface area contributed by atoms with Crippen molar-refractivity contribution in [3.8, 4) is 0 Å². The molecular weight excluding hydrogens is 408 g/mol. The molecule has 156 valence electrons. The van der Waals surface area contributed by atoms with Crippen LogP contribution in [0.1, 0.15) is 37.2 Å². The van der Waals surface area contributed by atoms with Crippen molar-refractivity contribution in [1.82, 2.24) is 8.61 Å². The van der Waals surface area contributed by atoms with E-state index in [0.717, 1.165) is 31.2 Å². The molecule has 2 heterocycles. The predicted octanol–water partition coefficient (Wildman–Crippen LogP) is 3.04. The van der Waals surface area contributed by atoms with Crippen LogP contribution in [0.5, 0.6) is 0 Å². The van der Waals surface area contributed by atoms with E-state index in [0.29, 0.717) is 26.2 Å². The van der Waals surface area contributed by atoms with Gasteiger partial charge in [-0.25, -0.2) is 16.8 Å². The van der Waals surface area contributed by atoms with Crippen molar-refractivity contribution in [2.24, 2.45) is 0 Å². The number of sulfonamides is 2. The van der Waals surface area contributed by atoms with Crippen molar-refractivity contribution in [2.75, 3.05) is 26.2 Å². The Labute approximate surface area is 173 Å². The SMILES string of the molecule is O=S(=O)(c1ccc(S(=O)(=O)N2CCC[C@@H](c3ccccc3)C2)cc1)N1CCCC1. The molecule has 2 aliphatic rings. The highest BCUT2D eigenvalue weighted by molar-refractivity contribution is 7.89. The zero-order chi connectivity index (χ0) is 20.5. The molecule has 0 aliphatic carbocycles. The van der Waals surface area contributed by atoms with Crippen molar-refractivity contribution < 1.29 is 16.8 Å². The molecule has 0 spiro atoms. The smallest absolute Gasteiger partial charge is 0.207 e. The van der Waals surface area contributed by atoms with Gasteiger partial charge in [0.25, 0.3) is 0 Å². The van der Waals surface area contributed by atoms with Gasteiger partial charge in [-0.1, -0.05) is 30.3 Å². The largest absolute Gasteiger partial charge is 0.243 e. The first-order valence-electron chi connectivity index (χ1n) is 10.0. The van der Waals surface area contributed by atoms with Gasteiger partial charge in [-0.05, 0) is 61.4 Å². The molecule has 6 nitrogen and oxygen atoms in total. The topological polar surface area (TPSA) is 74.8 Å². The number of rotatable bonds is 5. The Kier molecular flexibility index (Phi) is 5.79. The van der Waals surface area contributed by atoms with Crippen molar-refractivity contribution in [1.29, 1.82) is 0 Å². The summed E-state index contributed by atoms with van der Waals surface area (Å²) in [5, 5.41) is 0. The minimum Gasteiger partial charge on any atom is -0.207 e. The Hall–Kier alpha value is -1.74. The summed E-state index contributed by atoms with van der Waals surface area (Å²) >= 11 is 0. The van der Waals surface area contributed by atoms with Gasteiger partial charge in [-0.15, -0.1) is 0 Å². The van der Waals surface area contributed by atoms with E-state index in [2.05, 4.69) is 0 Å². The molecule has 8 heteroatoms. The second-order valence-corrected chi connectivity index (χ2v) is 11.6. The molecular formula is C21H26N2O4S2. The zero-order valence-electron chi connectivity index (χ0n) is 16.3. The van der Waals surface area contributed by atoms with Gasteiger partial charge < -0.3 is 0 Å². The molecule has 2 aromatic rings. The van der Waals surface area contributed by atoms with E-state index < -0.39 is 20.0 Å². The standard InChI is InChI=1S/C21H26N2O4S2/c24-28(25,22-14-4-5-15-22)20-10-12-21(13-11-20)29(26,27)23-16-6-9-19(17-23)18-7-2-1-3-8-18/h1-3,7-8,10-13,19H,4-6,9,14-17H2/t19-/m1/s1. The van der Waals surface area contributed by atoms with Gasteiger partial charge in [-0.3, -0.25) is 0 Å². The Balaban J connectivity index is 1.54. The quantitative estimate of drug-likeness (QED) is 0.725. The Bertz CT molecular complexity index is 1050. The number of hydrogen-bond acceptors (Lipinski definition) is 4.